The number of carbonyl (C=O) groups is 2. The second-order valence-corrected chi connectivity index (χ2v) is 5.89. The van der Waals surface area contributed by atoms with Gasteiger partial charge in [0.1, 0.15) is 10.9 Å². The number of hydrogen-bond acceptors (Lipinski definition) is 5. The quantitative estimate of drug-likeness (QED) is 0.770. The summed E-state index contributed by atoms with van der Waals surface area (Å²) in [6.45, 7) is -0.00196. The molecule has 21 heavy (non-hydrogen) atoms. The van der Waals surface area contributed by atoms with E-state index < -0.39 is 50.1 Å². The number of carboxylic acid groups (broad SMARTS) is 1. The van der Waals surface area contributed by atoms with Crippen molar-refractivity contribution in [2.75, 3.05) is 6.61 Å². The second-order valence-electron chi connectivity index (χ2n) is 4.21. The number of benzene rings is 1. The molecule has 2 N–H and O–H groups in total. The van der Waals surface area contributed by atoms with Gasteiger partial charge in [-0.25, -0.2) is 22.0 Å². The Kier molecular flexibility index (Phi) is 3.92. The van der Waals surface area contributed by atoms with Gasteiger partial charge in [0, 0.05) is 6.42 Å². The van der Waals surface area contributed by atoms with E-state index in [0.29, 0.717) is 12.1 Å². The molecule has 1 saturated heterocycles. The van der Waals surface area contributed by atoms with Crippen molar-refractivity contribution in [3.63, 3.8) is 0 Å². The lowest BCUT2D eigenvalue weighted by Crippen LogP contribution is -2.38. The van der Waals surface area contributed by atoms with Crippen molar-refractivity contribution in [1.82, 2.24) is 4.72 Å². The molecule has 1 aromatic carbocycles. The van der Waals surface area contributed by atoms with Crippen LogP contribution in [0.4, 0.5) is 8.78 Å². The Bertz CT molecular complexity index is 718. The van der Waals surface area contributed by atoms with E-state index in [4.69, 9.17) is 5.11 Å². The maximum absolute atomic E-state index is 13.6. The van der Waals surface area contributed by atoms with Crippen molar-refractivity contribution in [1.29, 1.82) is 0 Å². The minimum atomic E-state index is -4.61. The van der Waals surface area contributed by atoms with Crippen molar-refractivity contribution in [3.8, 4) is 0 Å². The first-order chi connectivity index (χ1) is 9.72. The third-order valence-corrected chi connectivity index (χ3v) is 4.23. The maximum Gasteiger partial charge on any atom is 0.335 e. The Morgan fingerprint density at radius 1 is 1.38 bits per heavy atom. The van der Waals surface area contributed by atoms with Crippen LogP contribution in [0.3, 0.4) is 0 Å². The summed E-state index contributed by atoms with van der Waals surface area (Å²) in [5.74, 6) is -5.80. The predicted molar refractivity (Wildman–Crippen MR) is 63.0 cm³/mol. The SMILES string of the molecule is O=C(O)c1cc(F)c(F)c(S(=O)(=O)NC2CCOC2=O)c1. The van der Waals surface area contributed by atoms with E-state index in [2.05, 4.69) is 4.74 Å². The van der Waals surface area contributed by atoms with E-state index in [1.807, 2.05) is 4.72 Å². The number of hydrogen-bond donors (Lipinski definition) is 2. The van der Waals surface area contributed by atoms with Gasteiger partial charge in [-0.2, -0.15) is 4.72 Å². The highest BCUT2D eigenvalue weighted by atomic mass is 32.2. The molecule has 1 unspecified atom stereocenters. The number of sulfonamides is 1. The van der Waals surface area contributed by atoms with Gasteiger partial charge in [-0.15, -0.1) is 0 Å². The minimum absolute atomic E-state index is 0.00196. The summed E-state index contributed by atoms with van der Waals surface area (Å²) in [5.41, 5.74) is -0.733. The van der Waals surface area contributed by atoms with Crippen LogP contribution in [0.1, 0.15) is 16.8 Å². The average Bonchev–Trinajstić information content (AvgIpc) is 2.77. The smallest absolute Gasteiger partial charge is 0.335 e. The topological polar surface area (TPSA) is 110 Å². The van der Waals surface area contributed by atoms with E-state index in [-0.39, 0.29) is 13.0 Å². The zero-order chi connectivity index (χ0) is 15.8. The van der Waals surface area contributed by atoms with Crippen molar-refractivity contribution in [2.24, 2.45) is 0 Å². The fourth-order valence-corrected chi connectivity index (χ4v) is 3.07. The molecule has 2 rings (SSSR count). The summed E-state index contributed by atoms with van der Waals surface area (Å²) < 4.78 is 57.2. The first kappa shape index (κ1) is 15.3. The van der Waals surface area contributed by atoms with Crippen LogP contribution in [0.2, 0.25) is 0 Å². The number of halogens is 2. The number of esters is 1. The minimum Gasteiger partial charge on any atom is -0.478 e. The molecule has 0 amide bonds. The summed E-state index contributed by atoms with van der Waals surface area (Å²) in [5, 5.41) is 8.74. The zero-order valence-electron chi connectivity index (χ0n) is 10.3. The van der Waals surface area contributed by atoms with Gasteiger partial charge < -0.3 is 9.84 Å². The molecule has 0 spiro atoms. The van der Waals surface area contributed by atoms with E-state index in [0.717, 1.165) is 0 Å². The molecule has 0 aromatic heterocycles. The lowest BCUT2D eigenvalue weighted by atomic mass is 10.2. The molecule has 1 aliphatic heterocycles. The third kappa shape index (κ3) is 3.00. The van der Waals surface area contributed by atoms with Crippen LogP contribution in [-0.4, -0.2) is 38.1 Å². The van der Waals surface area contributed by atoms with Crippen LogP contribution in [0.5, 0.6) is 0 Å². The number of nitrogens with one attached hydrogen (secondary N) is 1. The Balaban J connectivity index is 2.44. The zero-order valence-corrected chi connectivity index (χ0v) is 11.1. The number of aromatic carboxylic acids is 1. The van der Waals surface area contributed by atoms with Gasteiger partial charge in [-0.1, -0.05) is 0 Å². The summed E-state index contributed by atoms with van der Waals surface area (Å²) in [6.07, 6.45) is 0.0424. The first-order valence-electron chi connectivity index (χ1n) is 5.63. The summed E-state index contributed by atoms with van der Waals surface area (Å²) >= 11 is 0. The van der Waals surface area contributed by atoms with E-state index >= 15 is 0 Å². The number of cyclic esters (lactones) is 1. The number of ether oxygens (including phenoxy) is 1. The lowest BCUT2D eigenvalue weighted by molar-refractivity contribution is -0.139. The Labute approximate surface area is 117 Å². The summed E-state index contributed by atoms with van der Waals surface area (Å²) in [7, 11) is -4.61. The van der Waals surface area contributed by atoms with E-state index in [1.165, 1.54) is 0 Å². The largest absolute Gasteiger partial charge is 0.478 e. The number of carboxylic acids is 1. The average molecular weight is 321 g/mol. The highest BCUT2D eigenvalue weighted by molar-refractivity contribution is 7.89. The molecule has 0 saturated carbocycles. The molecule has 0 bridgehead atoms. The van der Waals surface area contributed by atoms with Crippen LogP contribution < -0.4 is 4.72 Å². The highest BCUT2D eigenvalue weighted by Crippen LogP contribution is 2.21. The van der Waals surface area contributed by atoms with Gasteiger partial charge in [0.05, 0.1) is 12.2 Å². The Hall–Kier alpha value is -2.07. The van der Waals surface area contributed by atoms with Crippen LogP contribution in [-0.2, 0) is 19.6 Å². The molecule has 1 fully saturated rings. The lowest BCUT2D eigenvalue weighted by Gasteiger charge is -2.11. The molecule has 0 aliphatic carbocycles. The summed E-state index contributed by atoms with van der Waals surface area (Å²) in [4.78, 5) is 20.8. The normalized spacial score (nSPS) is 18.6. The molecule has 7 nitrogen and oxygen atoms in total. The van der Waals surface area contributed by atoms with Gasteiger partial charge in [0.15, 0.2) is 11.6 Å². The predicted octanol–water partition coefficient (Wildman–Crippen LogP) is 0.257. The van der Waals surface area contributed by atoms with E-state index in [9.17, 15) is 26.8 Å². The highest BCUT2D eigenvalue weighted by Gasteiger charge is 2.33. The monoisotopic (exact) mass is 321 g/mol. The van der Waals surface area contributed by atoms with E-state index in [1.54, 1.807) is 0 Å². The number of carbonyl (C=O) groups excluding carboxylic acids is 1. The van der Waals surface area contributed by atoms with Gasteiger partial charge in [0.25, 0.3) is 0 Å². The molecule has 1 atom stereocenters. The fraction of sp³-hybridized carbons (Fsp3) is 0.273. The van der Waals surface area contributed by atoms with Crippen molar-refractivity contribution >= 4 is 22.0 Å². The van der Waals surface area contributed by atoms with Crippen LogP contribution in [0.25, 0.3) is 0 Å². The van der Waals surface area contributed by atoms with Crippen molar-refractivity contribution in [3.05, 3.63) is 29.3 Å². The Morgan fingerprint density at radius 2 is 2.05 bits per heavy atom. The summed E-state index contributed by atoms with van der Waals surface area (Å²) in [6, 6.07) is -0.380. The van der Waals surface area contributed by atoms with Gasteiger partial charge >= 0.3 is 11.9 Å². The molecule has 1 aliphatic rings. The maximum atomic E-state index is 13.6. The van der Waals surface area contributed by atoms with Gasteiger partial charge in [-0.3, -0.25) is 4.79 Å². The molecule has 0 radical (unpaired) electrons. The molecular formula is C11H9F2NO6S. The van der Waals surface area contributed by atoms with Crippen LogP contribution >= 0.6 is 0 Å². The van der Waals surface area contributed by atoms with Crippen molar-refractivity contribution < 1.29 is 36.6 Å². The molecule has 10 heteroatoms. The molecular weight excluding hydrogens is 312 g/mol. The van der Waals surface area contributed by atoms with Crippen LogP contribution in [0.15, 0.2) is 17.0 Å². The van der Waals surface area contributed by atoms with Gasteiger partial charge in [-0.05, 0) is 12.1 Å². The number of rotatable bonds is 4. The second kappa shape index (κ2) is 5.37. The first-order valence-corrected chi connectivity index (χ1v) is 7.12. The molecule has 1 aromatic rings. The Morgan fingerprint density at radius 3 is 2.57 bits per heavy atom. The third-order valence-electron chi connectivity index (χ3n) is 2.76. The van der Waals surface area contributed by atoms with Gasteiger partial charge in [0.2, 0.25) is 10.0 Å². The fourth-order valence-electron chi connectivity index (χ4n) is 1.74. The standard InChI is InChI=1S/C11H9F2NO6S/c12-6-3-5(10(15)16)4-8(9(6)13)21(18,19)14-7-1-2-20-11(7)17/h3-4,7,14H,1-2H2,(H,15,16). The van der Waals surface area contributed by atoms with Crippen molar-refractivity contribution in [2.45, 2.75) is 17.4 Å². The molecule has 1 heterocycles. The molecule has 114 valence electrons. The van der Waals surface area contributed by atoms with Crippen LogP contribution in [0, 0.1) is 11.6 Å².